The molecule has 1 saturated carbocycles. The number of benzene rings is 1. The molecule has 5 nitrogen and oxygen atoms in total. The van der Waals surface area contributed by atoms with Gasteiger partial charge in [0, 0.05) is 11.6 Å². The fourth-order valence-corrected chi connectivity index (χ4v) is 3.96. The molecule has 2 aromatic rings. The monoisotopic (exact) mass is 292 g/mol. The van der Waals surface area contributed by atoms with Crippen molar-refractivity contribution in [2.24, 2.45) is 0 Å². The molecule has 1 heterocycles. The summed E-state index contributed by atoms with van der Waals surface area (Å²) in [7, 11) is -3.66. The van der Waals surface area contributed by atoms with Gasteiger partial charge < -0.3 is 5.11 Å². The van der Waals surface area contributed by atoms with Crippen LogP contribution in [0.4, 0.5) is 0 Å². The highest BCUT2D eigenvalue weighted by Gasteiger charge is 2.45. The molecule has 0 bridgehead atoms. The molecule has 20 heavy (non-hydrogen) atoms. The maximum atomic E-state index is 12.5. The Hall–Kier alpha value is -1.50. The SMILES string of the molecule is Cc1ccc(S(=O)(=O)NC2(CO)CC2)c2cccnc12. The van der Waals surface area contributed by atoms with Gasteiger partial charge in [-0.3, -0.25) is 4.98 Å². The molecular formula is C14H16N2O3S. The number of hydrogen-bond acceptors (Lipinski definition) is 4. The number of pyridine rings is 1. The predicted octanol–water partition coefficient (Wildman–Crippen LogP) is 1.35. The third-order valence-corrected chi connectivity index (χ3v) is 5.36. The Morgan fingerprint density at radius 2 is 2.10 bits per heavy atom. The molecule has 0 aliphatic heterocycles. The van der Waals surface area contributed by atoms with E-state index in [-0.39, 0.29) is 11.5 Å². The number of aliphatic hydroxyl groups excluding tert-OH is 1. The Bertz CT molecular complexity index is 767. The van der Waals surface area contributed by atoms with Crippen molar-refractivity contribution in [3.8, 4) is 0 Å². The van der Waals surface area contributed by atoms with Crippen LogP contribution in [0.5, 0.6) is 0 Å². The molecule has 6 heteroatoms. The zero-order valence-electron chi connectivity index (χ0n) is 11.1. The zero-order valence-corrected chi connectivity index (χ0v) is 11.9. The van der Waals surface area contributed by atoms with Crippen molar-refractivity contribution in [1.82, 2.24) is 9.71 Å². The van der Waals surface area contributed by atoms with Crippen molar-refractivity contribution < 1.29 is 13.5 Å². The summed E-state index contributed by atoms with van der Waals surface area (Å²) in [6, 6.07) is 6.82. The van der Waals surface area contributed by atoms with Crippen molar-refractivity contribution in [3.05, 3.63) is 36.0 Å². The Balaban J connectivity index is 2.12. The van der Waals surface area contributed by atoms with Gasteiger partial charge in [0.2, 0.25) is 10.0 Å². The Morgan fingerprint density at radius 3 is 2.75 bits per heavy atom. The van der Waals surface area contributed by atoms with Gasteiger partial charge in [-0.15, -0.1) is 0 Å². The minimum absolute atomic E-state index is 0.172. The average Bonchev–Trinajstić information content (AvgIpc) is 3.19. The van der Waals surface area contributed by atoms with E-state index in [2.05, 4.69) is 9.71 Å². The van der Waals surface area contributed by atoms with Crippen LogP contribution in [0.1, 0.15) is 18.4 Å². The lowest BCUT2D eigenvalue weighted by molar-refractivity contribution is 0.246. The second-order valence-electron chi connectivity index (χ2n) is 5.32. The van der Waals surface area contributed by atoms with Crippen molar-refractivity contribution in [3.63, 3.8) is 0 Å². The summed E-state index contributed by atoms with van der Waals surface area (Å²) in [5.74, 6) is 0. The second kappa shape index (κ2) is 4.51. The molecule has 3 rings (SSSR count). The fourth-order valence-electron chi connectivity index (χ4n) is 2.31. The smallest absolute Gasteiger partial charge is 0.241 e. The second-order valence-corrected chi connectivity index (χ2v) is 6.97. The summed E-state index contributed by atoms with van der Waals surface area (Å²) in [5, 5.41) is 9.89. The predicted molar refractivity (Wildman–Crippen MR) is 75.9 cm³/mol. The van der Waals surface area contributed by atoms with Gasteiger partial charge in [-0.2, -0.15) is 0 Å². The molecular weight excluding hydrogens is 276 g/mol. The van der Waals surface area contributed by atoms with Crippen LogP contribution in [0, 0.1) is 6.92 Å². The van der Waals surface area contributed by atoms with Crippen molar-refractivity contribution in [2.45, 2.75) is 30.2 Å². The zero-order chi connectivity index (χ0) is 14.4. The van der Waals surface area contributed by atoms with Crippen LogP contribution in [0.2, 0.25) is 0 Å². The molecule has 1 fully saturated rings. The molecule has 106 valence electrons. The summed E-state index contributed by atoms with van der Waals surface area (Å²) in [4.78, 5) is 4.46. The van der Waals surface area contributed by atoms with E-state index in [1.54, 1.807) is 30.5 Å². The third kappa shape index (κ3) is 2.19. The third-order valence-electron chi connectivity index (χ3n) is 3.73. The average molecular weight is 292 g/mol. The first-order valence-corrected chi connectivity index (χ1v) is 7.95. The van der Waals surface area contributed by atoms with E-state index in [9.17, 15) is 13.5 Å². The number of aryl methyl sites for hydroxylation is 1. The lowest BCUT2D eigenvalue weighted by Crippen LogP contribution is -2.39. The summed E-state index contributed by atoms with van der Waals surface area (Å²) in [6.07, 6.45) is 2.99. The van der Waals surface area contributed by atoms with Crippen molar-refractivity contribution in [1.29, 1.82) is 0 Å². The van der Waals surface area contributed by atoms with E-state index < -0.39 is 15.6 Å². The van der Waals surface area contributed by atoms with E-state index in [0.717, 1.165) is 5.56 Å². The molecule has 0 atom stereocenters. The molecule has 1 aliphatic carbocycles. The van der Waals surface area contributed by atoms with Crippen LogP contribution in [-0.4, -0.2) is 30.7 Å². The fraction of sp³-hybridized carbons (Fsp3) is 0.357. The summed E-state index contributed by atoms with van der Waals surface area (Å²) in [5.41, 5.74) is 0.949. The number of fused-ring (bicyclic) bond motifs is 1. The normalized spacial score (nSPS) is 17.3. The summed E-state index contributed by atoms with van der Waals surface area (Å²) in [6.45, 7) is 1.73. The van der Waals surface area contributed by atoms with E-state index in [0.29, 0.717) is 23.7 Å². The maximum Gasteiger partial charge on any atom is 0.241 e. The van der Waals surface area contributed by atoms with Gasteiger partial charge in [-0.1, -0.05) is 6.07 Å². The van der Waals surface area contributed by atoms with Crippen LogP contribution in [-0.2, 0) is 10.0 Å². The van der Waals surface area contributed by atoms with Gasteiger partial charge in [-0.05, 0) is 43.5 Å². The van der Waals surface area contributed by atoms with Gasteiger partial charge in [0.15, 0.2) is 0 Å². The Kier molecular flexibility index (Phi) is 3.04. The number of rotatable bonds is 4. The number of sulfonamides is 1. The van der Waals surface area contributed by atoms with Crippen molar-refractivity contribution >= 4 is 20.9 Å². The molecule has 1 aliphatic rings. The van der Waals surface area contributed by atoms with Crippen LogP contribution in [0.3, 0.4) is 0 Å². The number of aromatic nitrogens is 1. The molecule has 0 radical (unpaired) electrons. The molecule has 0 unspecified atom stereocenters. The van der Waals surface area contributed by atoms with Crippen LogP contribution in [0.15, 0.2) is 35.4 Å². The lowest BCUT2D eigenvalue weighted by Gasteiger charge is -2.16. The molecule has 0 saturated heterocycles. The number of nitrogens with one attached hydrogen (secondary N) is 1. The van der Waals surface area contributed by atoms with Crippen molar-refractivity contribution in [2.75, 3.05) is 6.61 Å². The standard InChI is InChI=1S/C14H16N2O3S/c1-10-4-5-12(11-3-2-8-15-13(10)11)20(18,19)16-14(9-17)6-7-14/h2-5,8,16-17H,6-7,9H2,1H3. The van der Waals surface area contributed by atoms with E-state index in [1.165, 1.54) is 0 Å². The van der Waals surface area contributed by atoms with Gasteiger partial charge >= 0.3 is 0 Å². The number of aliphatic hydroxyl groups is 1. The largest absolute Gasteiger partial charge is 0.394 e. The molecule has 0 spiro atoms. The van der Waals surface area contributed by atoms with Gasteiger partial charge in [-0.25, -0.2) is 13.1 Å². The molecule has 1 aromatic carbocycles. The molecule has 0 amide bonds. The minimum atomic E-state index is -3.66. The quantitative estimate of drug-likeness (QED) is 0.891. The number of nitrogens with zero attached hydrogens (tertiary/aromatic N) is 1. The first kappa shape index (κ1) is 13.5. The molecule has 1 aromatic heterocycles. The summed E-state index contributed by atoms with van der Waals surface area (Å²) >= 11 is 0. The molecule has 2 N–H and O–H groups in total. The number of hydrogen-bond donors (Lipinski definition) is 2. The van der Waals surface area contributed by atoms with E-state index in [4.69, 9.17) is 0 Å². The Morgan fingerprint density at radius 1 is 1.35 bits per heavy atom. The van der Waals surface area contributed by atoms with Gasteiger partial charge in [0.1, 0.15) is 0 Å². The van der Waals surface area contributed by atoms with Gasteiger partial charge in [0.25, 0.3) is 0 Å². The van der Waals surface area contributed by atoms with Crippen LogP contribution >= 0.6 is 0 Å². The highest BCUT2D eigenvalue weighted by atomic mass is 32.2. The van der Waals surface area contributed by atoms with Crippen LogP contribution in [0.25, 0.3) is 10.9 Å². The van der Waals surface area contributed by atoms with E-state index in [1.807, 2.05) is 6.92 Å². The highest BCUT2D eigenvalue weighted by molar-refractivity contribution is 7.89. The Labute approximate surface area is 117 Å². The summed E-state index contributed by atoms with van der Waals surface area (Å²) < 4.78 is 27.7. The minimum Gasteiger partial charge on any atom is -0.394 e. The first-order chi connectivity index (χ1) is 9.47. The van der Waals surface area contributed by atoms with Gasteiger partial charge in [0.05, 0.1) is 22.6 Å². The van der Waals surface area contributed by atoms with E-state index >= 15 is 0 Å². The maximum absolute atomic E-state index is 12.5. The highest BCUT2D eigenvalue weighted by Crippen LogP contribution is 2.37. The van der Waals surface area contributed by atoms with Crippen LogP contribution < -0.4 is 4.72 Å². The first-order valence-electron chi connectivity index (χ1n) is 6.47. The topological polar surface area (TPSA) is 79.3 Å². The lowest BCUT2D eigenvalue weighted by atomic mass is 10.1.